The molecule has 4 rings (SSSR count). The molecule has 0 aliphatic heterocycles. The first-order valence-electron chi connectivity index (χ1n) is 8.34. The number of rotatable bonds is 3. The van der Waals surface area contributed by atoms with Crippen LogP contribution in [0.2, 0.25) is 0 Å². The molecule has 0 N–H and O–H groups in total. The summed E-state index contributed by atoms with van der Waals surface area (Å²) >= 11 is 0. The van der Waals surface area contributed by atoms with E-state index in [2.05, 4.69) is 5.87 Å². The number of hydrogen-bond donors (Lipinski definition) is 0. The van der Waals surface area contributed by atoms with Crippen molar-refractivity contribution in [1.29, 1.82) is 0 Å². The van der Waals surface area contributed by atoms with Gasteiger partial charge in [0, 0.05) is 0 Å². The van der Waals surface area contributed by atoms with Crippen LogP contribution in [0.15, 0.2) is 0 Å². The zero-order chi connectivity index (χ0) is 15.2. The minimum Gasteiger partial charge on any atom is -0.459 e. The van der Waals surface area contributed by atoms with Crippen LogP contribution in [0, 0.1) is 41.4 Å². The largest absolute Gasteiger partial charge is 0.459 e. The third-order valence-corrected chi connectivity index (χ3v) is 8.99. The van der Waals surface area contributed by atoms with Crippen molar-refractivity contribution in [3.8, 4) is 0 Å². The SMILES string of the molecule is C=[S-](=O)C(C)(F)C(C)(F)C1CC2CC1C1C3CCC(C3)C21. The van der Waals surface area contributed by atoms with Gasteiger partial charge in [0.2, 0.25) is 0 Å². The van der Waals surface area contributed by atoms with Crippen molar-refractivity contribution in [2.24, 2.45) is 41.4 Å². The Morgan fingerprint density at radius 3 is 2.24 bits per heavy atom. The van der Waals surface area contributed by atoms with Gasteiger partial charge in [0.05, 0.1) is 5.00 Å². The van der Waals surface area contributed by atoms with Crippen LogP contribution in [0.5, 0.6) is 0 Å². The second-order valence-corrected chi connectivity index (χ2v) is 9.79. The van der Waals surface area contributed by atoms with Crippen molar-refractivity contribution in [2.45, 2.75) is 56.6 Å². The molecule has 21 heavy (non-hydrogen) atoms. The summed E-state index contributed by atoms with van der Waals surface area (Å²) in [6, 6.07) is 0. The van der Waals surface area contributed by atoms with Gasteiger partial charge in [0.25, 0.3) is 0 Å². The highest BCUT2D eigenvalue weighted by Gasteiger charge is 2.66. The lowest BCUT2D eigenvalue weighted by atomic mass is 9.63. The molecule has 0 aromatic carbocycles. The highest BCUT2D eigenvalue weighted by Crippen LogP contribution is 2.70. The fourth-order valence-corrected chi connectivity index (χ4v) is 7.34. The summed E-state index contributed by atoms with van der Waals surface area (Å²) in [4.78, 5) is 0. The average Bonchev–Trinajstić information content (AvgIpc) is 3.15. The molecule has 0 spiro atoms. The molecule has 1 nitrogen and oxygen atoms in total. The monoisotopic (exact) mass is 315 g/mol. The zero-order valence-corrected chi connectivity index (χ0v) is 13.7. The van der Waals surface area contributed by atoms with Gasteiger partial charge >= 0.3 is 0 Å². The predicted octanol–water partition coefficient (Wildman–Crippen LogP) is 4.11. The van der Waals surface area contributed by atoms with Gasteiger partial charge in [-0.25, -0.2) is 14.8 Å². The molecule has 0 heterocycles. The van der Waals surface area contributed by atoms with Gasteiger partial charge < -0.3 is 4.21 Å². The molecule has 9 unspecified atom stereocenters. The van der Waals surface area contributed by atoms with E-state index in [0.717, 1.165) is 37.5 Å². The second-order valence-electron chi connectivity index (χ2n) is 8.33. The van der Waals surface area contributed by atoms with Gasteiger partial charge in [-0.15, -0.1) is 0 Å². The summed E-state index contributed by atoms with van der Waals surface area (Å²) < 4.78 is 41.7. The van der Waals surface area contributed by atoms with Crippen LogP contribution in [0.25, 0.3) is 0 Å². The molecular formula is C17H25F2OS-. The quantitative estimate of drug-likeness (QED) is 0.435. The third-order valence-electron chi connectivity index (χ3n) is 7.73. The lowest BCUT2D eigenvalue weighted by Crippen LogP contribution is -2.53. The van der Waals surface area contributed by atoms with Crippen LogP contribution in [0.1, 0.15) is 46.0 Å². The molecule has 4 aliphatic carbocycles. The summed E-state index contributed by atoms with van der Waals surface area (Å²) in [5, 5.41) is -2.35. The van der Waals surface area contributed by atoms with Gasteiger partial charge in [-0.3, -0.25) is 4.39 Å². The van der Waals surface area contributed by atoms with Crippen molar-refractivity contribution < 1.29 is 13.0 Å². The van der Waals surface area contributed by atoms with Crippen molar-refractivity contribution in [1.82, 2.24) is 0 Å². The van der Waals surface area contributed by atoms with Crippen molar-refractivity contribution >= 4 is 16.3 Å². The maximum Gasteiger partial charge on any atom is 0.128 e. The molecule has 0 saturated heterocycles. The molecule has 0 aromatic heterocycles. The Bertz CT molecular complexity index is 531. The fourth-order valence-electron chi connectivity index (χ4n) is 6.74. The van der Waals surface area contributed by atoms with Crippen LogP contribution in [-0.4, -0.2) is 16.5 Å². The van der Waals surface area contributed by atoms with E-state index in [4.69, 9.17) is 0 Å². The Kier molecular flexibility index (Phi) is 2.92. The number of hydrogen-bond acceptors (Lipinski definition) is 2. The minimum atomic E-state index is -2.35. The molecule has 4 saturated carbocycles. The maximum atomic E-state index is 15.4. The molecule has 0 amide bonds. The molecule has 0 aromatic rings. The molecule has 9 atom stereocenters. The number of alkyl halides is 2. The minimum absolute atomic E-state index is 0.274. The van der Waals surface area contributed by atoms with E-state index in [-0.39, 0.29) is 5.92 Å². The van der Waals surface area contributed by atoms with Crippen LogP contribution < -0.4 is 0 Å². The van der Waals surface area contributed by atoms with E-state index in [1.165, 1.54) is 26.2 Å². The third kappa shape index (κ3) is 1.66. The first-order chi connectivity index (χ1) is 9.75. The summed E-state index contributed by atoms with van der Waals surface area (Å²) in [6.45, 7) is 2.48. The van der Waals surface area contributed by atoms with E-state index in [1.54, 1.807) is 0 Å². The van der Waals surface area contributed by atoms with E-state index < -0.39 is 21.1 Å². The molecular weight excluding hydrogens is 290 g/mol. The van der Waals surface area contributed by atoms with E-state index >= 15 is 4.39 Å². The molecule has 4 heteroatoms. The lowest BCUT2D eigenvalue weighted by molar-refractivity contribution is -0.0514. The number of fused-ring (bicyclic) bond motifs is 9. The second kappa shape index (κ2) is 4.24. The zero-order valence-electron chi connectivity index (χ0n) is 12.9. The topological polar surface area (TPSA) is 17.1 Å². The van der Waals surface area contributed by atoms with Gasteiger partial charge in [0.15, 0.2) is 0 Å². The molecule has 0 radical (unpaired) electrons. The Labute approximate surface area is 127 Å². The maximum absolute atomic E-state index is 15.4. The average molecular weight is 315 g/mol. The van der Waals surface area contributed by atoms with Crippen LogP contribution >= 0.6 is 0 Å². The van der Waals surface area contributed by atoms with Crippen LogP contribution in [0.3, 0.4) is 0 Å². The van der Waals surface area contributed by atoms with E-state index in [0.29, 0.717) is 17.8 Å². The highest BCUT2D eigenvalue weighted by atomic mass is 32.2. The van der Waals surface area contributed by atoms with E-state index in [1.807, 2.05) is 0 Å². The summed E-state index contributed by atoms with van der Waals surface area (Å²) in [5.41, 5.74) is -2.04. The molecule has 4 bridgehead atoms. The fraction of sp³-hybridized carbons (Fsp3) is 0.941. The van der Waals surface area contributed by atoms with Gasteiger partial charge in [0.1, 0.15) is 5.67 Å². The summed E-state index contributed by atoms with van der Waals surface area (Å²) in [7, 11) is -2.04. The Morgan fingerprint density at radius 2 is 1.62 bits per heavy atom. The summed E-state index contributed by atoms with van der Waals surface area (Å²) in [6.07, 6.45) is 5.84. The van der Waals surface area contributed by atoms with Crippen molar-refractivity contribution in [3.05, 3.63) is 0 Å². The lowest BCUT2D eigenvalue weighted by Gasteiger charge is -2.48. The standard InChI is InChI=1S/C17H25F2OS/c1-16(18,17(2,19)21(3)20)13-8-11-7-12(13)15-10-5-4-9(6-10)14(11)15/h9-15H,3-8H2,1-2H3/q-1. The van der Waals surface area contributed by atoms with Gasteiger partial charge in [-0.1, -0.05) is 0 Å². The molecule has 120 valence electrons. The van der Waals surface area contributed by atoms with Gasteiger partial charge in [-0.2, -0.15) is 5.87 Å². The smallest absolute Gasteiger partial charge is 0.128 e. The Morgan fingerprint density at radius 1 is 1.00 bits per heavy atom. The van der Waals surface area contributed by atoms with Gasteiger partial charge in [-0.05, 0) is 87.4 Å². The van der Waals surface area contributed by atoms with Crippen LogP contribution in [0.4, 0.5) is 8.78 Å². The molecule has 4 fully saturated rings. The Hall–Kier alpha value is -0.120. The first kappa shape index (κ1) is 14.5. The van der Waals surface area contributed by atoms with E-state index in [9.17, 15) is 8.60 Å². The summed E-state index contributed by atoms with van der Waals surface area (Å²) in [5.74, 6) is 6.92. The first-order valence-corrected chi connectivity index (χ1v) is 9.66. The Balaban J connectivity index is 1.65. The van der Waals surface area contributed by atoms with Crippen molar-refractivity contribution in [2.75, 3.05) is 0 Å². The highest BCUT2D eigenvalue weighted by molar-refractivity contribution is 7.83. The number of halogens is 2. The normalized spacial score (nSPS) is 52.9. The van der Waals surface area contributed by atoms with Crippen LogP contribution in [-0.2, 0) is 14.6 Å². The van der Waals surface area contributed by atoms with Crippen molar-refractivity contribution in [3.63, 3.8) is 0 Å². The molecule has 4 aliphatic rings. The predicted molar refractivity (Wildman–Crippen MR) is 81.7 cm³/mol.